The number of anilines is 2. The molecule has 1 aromatic heterocycles. The summed E-state index contributed by atoms with van der Waals surface area (Å²) >= 11 is 1.78. The number of benzene rings is 1. The van der Waals surface area contributed by atoms with E-state index in [1.165, 1.54) is 49.0 Å². The second-order valence-corrected chi connectivity index (χ2v) is 13.0. The van der Waals surface area contributed by atoms with Crippen LogP contribution in [0.1, 0.15) is 88.5 Å². The minimum Gasteiger partial charge on any atom is -0.415 e. The molecule has 2 aromatic rings. The van der Waals surface area contributed by atoms with Crippen LogP contribution in [0.4, 0.5) is 16.4 Å². The van der Waals surface area contributed by atoms with Gasteiger partial charge in [-0.05, 0) is 38.0 Å². The largest absolute Gasteiger partial charge is 0.415 e. The Morgan fingerprint density at radius 2 is 1.72 bits per heavy atom. The van der Waals surface area contributed by atoms with Gasteiger partial charge in [-0.25, -0.2) is 4.99 Å². The van der Waals surface area contributed by atoms with Crippen LogP contribution in [0, 0.1) is 12.8 Å². The highest BCUT2D eigenvalue weighted by Gasteiger charge is 2.34. The standard InChI is InChI=1S/C32H49N4O2S/c1-5-7-9-11-15-26(16-12-10-8-6-2)32(37)38-24-36(4)21-19-35(20-22-36)30-27-23-25(3)39-31(27)34-29-18-14-13-17-28(29)33-30/h13-14,17-18,23,26,34H,5-12,15-16,19-22,24H2,1-4H3/q+1. The molecule has 4 rings (SSSR count). The molecule has 6 nitrogen and oxygen atoms in total. The highest BCUT2D eigenvalue weighted by atomic mass is 32.1. The molecule has 0 atom stereocenters. The highest BCUT2D eigenvalue weighted by molar-refractivity contribution is 7.16. The second kappa shape index (κ2) is 14.3. The SMILES string of the molecule is CCCCCCC(CCCCCC)C(=O)OC[N+]1(C)CCN(C2=Nc3ccccc3Nc3sc(C)cc32)CC1. The van der Waals surface area contributed by atoms with E-state index in [4.69, 9.17) is 9.73 Å². The van der Waals surface area contributed by atoms with E-state index in [-0.39, 0.29) is 11.9 Å². The highest BCUT2D eigenvalue weighted by Crippen LogP contribution is 2.39. The normalized spacial score (nSPS) is 16.2. The summed E-state index contributed by atoms with van der Waals surface area (Å²) in [6.45, 7) is 10.7. The minimum absolute atomic E-state index is 0.0268. The van der Waals surface area contributed by atoms with Crippen LogP contribution in [-0.2, 0) is 9.53 Å². The molecule has 0 saturated carbocycles. The fraction of sp³-hybridized carbons (Fsp3) is 0.625. The van der Waals surface area contributed by atoms with Crippen LogP contribution in [0.15, 0.2) is 35.3 Å². The molecule has 0 unspecified atom stereocenters. The third kappa shape index (κ3) is 8.07. The molecule has 0 radical (unpaired) electrons. The summed E-state index contributed by atoms with van der Waals surface area (Å²) in [7, 11) is 2.23. The van der Waals surface area contributed by atoms with Crippen molar-refractivity contribution < 1.29 is 14.0 Å². The van der Waals surface area contributed by atoms with E-state index in [9.17, 15) is 4.79 Å². The predicted molar refractivity (Wildman–Crippen MR) is 164 cm³/mol. The number of esters is 1. The number of unbranched alkanes of at least 4 members (excludes halogenated alkanes) is 6. The van der Waals surface area contributed by atoms with Crippen LogP contribution in [0.2, 0.25) is 0 Å². The van der Waals surface area contributed by atoms with Crippen LogP contribution in [0.5, 0.6) is 0 Å². The number of fused-ring (bicyclic) bond motifs is 2. The molecule has 214 valence electrons. The Bertz CT molecular complexity index is 1090. The van der Waals surface area contributed by atoms with Crippen molar-refractivity contribution in [3.8, 4) is 0 Å². The van der Waals surface area contributed by atoms with Gasteiger partial charge in [0.15, 0.2) is 0 Å². The molecular formula is C32H49N4O2S+. The van der Waals surface area contributed by atoms with E-state index in [1.54, 1.807) is 11.3 Å². The molecule has 0 spiro atoms. The fourth-order valence-electron chi connectivity index (χ4n) is 5.63. The predicted octanol–water partition coefficient (Wildman–Crippen LogP) is 8.01. The molecule has 0 amide bonds. The molecule has 2 aliphatic rings. The van der Waals surface area contributed by atoms with Crippen molar-refractivity contribution >= 4 is 39.5 Å². The maximum absolute atomic E-state index is 13.2. The maximum Gasteiger partial charge on any atom is 0.313 e. The van der Waals surface area contributed by atoms with E-state index < -0.39 is 0 Å². The van der Waals surface area contributed by atoms with Crippen LogP contribution in [-0.4, -0.2) is 61.1 Å². The number of nitrogens with one attached hydrogen (secondary N) is 1. The lowest BCUT2D eigenvalue weighted by atomic mass is 9.94. The Hall–Kier alpha value is -2.38. The van der Waals surface area contributed by atoms with Gasteiger partial charge in [0.2, 0.25) is 6.73 Å². The maximum atomic E-state index is 13.2. The van der Waals surface area contributed by atoms with E-state index in [0.29, 0.717) is 6.73 Å². The number of ether oxygens (including phenoxy) is 1. The summed E-state index contributed by atoms with van der Waals surface area (Å²) in [6, 6.07) is 10.5. The Morgan fingerprint density at radius 3 is 2.38 bits per heavy atom. The zero-order valence-electron chi connectivity index (χ0n) is 24.6. The van der Waals surface area contributed by atoms with E-state index in [1.807, 2.05) is 6.07 Å². The van der Waals surface area contributed by atoms with Gasteiger partial charge in [0.25, 0.3) is 0 Å². The molecule has 1 N–H and O–H groups in total. The van der Waals surface area contributed by atoms with E-state index >= 15 is 0 Å². The first kappa shape index (κ1) is 29.6. The summed E-state index contributed by atoms with van der Waals surface area (Å²) in [5.74, 6) is 1.13. The molecule has 7 heteroatoms. The van der Waals surface area contributed by atoms with Crippen LogP contribution in [0.25, 0.3) is 0 Å². The quantitative estimate of drug-likeness (QED) is 0.155. The molecular weight excluding hydrogens is 504 g/mol. The Labute approximate surface area is 240 Å². The van der Waals surface area contributed by atoms with Gasteiger partial charge in [-0.15, -0.1) is 11.3 Å². The lowest BCUT2D eigenvalue weighted by molar-refractivity contribution is -0.929. The zero-order chi connectivity index (χ0) is 27.7. The third-order valence-corrected chi connectivity index (χ3v) is 9.22. The van der Waals surface area contributed by atoms with Crippen LogP contribution in [0.3, 0.4) is 0 Å². The number of carbonyl (C=O) groups excluding carboxylic acids is 1. The summed E-state index contributed by atoms with van der Waals surface area (Å²) in [6.07, 6.45) is 11.6. The minimum atomic E-state index is 0.0268. The molecule has 0 aliphatic carbocycles. The molecule has 2 aliphatic heterocycles. The molecule has 39 heavy (non-hydrogen) atoms. The summed E-state index contributed by atoms with van der Waals surface area (Å²) in [5.41, 5.74) is 3.22. The Kier molecular flexibility index (Phi) is 10.9. The smallest absolute Gasteiger partial charge is 0.313 e. The third-order valence-electron chi connectivity index (χ3n) is 8.26. The average molecular weight is 554 g/mol. The molecule has 1 aromatic carbocycles. The van der Waals surface area contributed by atoms with Crippen LogP contribution < -0.4 is 5.32 Å². The van der Waals surface area contributed by atoms with Crippen molar-refractivity contribution in [2.24, 2.45) is 10.9 Å². The molecule has 0 bridgehead atoms. The van der Waals surface area contributed by atoms with Gasteiger partial charge in [-0.3, -0.25) is 9.28 Å². The van der Waals surface area contributed by atoms with Gasteiger partial charge in [-0.2, -0.15) is 0 Å². The van der Waals surface area contributed by atoms with Crippen molar-refractivity contribution in [2.75, 3.05) is 45.3 Å². The monoisotopic (exact) mass is 553 g/mol. The van der Waals surface area contributed by atoms with Crippen molar-refractivity contribution in [1.29, 1.82) is 0 Å². The number of amidine groups is 1. The number of hydrogen-bond donors (Lipinski definition) is 1. The number of carbonyl (C=O) groups is 1. The van der Waals surface area contributed by atoms with Gasteiger partial charge in [0, 0.05) is 4.88 Å². The van der Waals surface area contributed by atoms with Crippen molar-refractivity contribution in [1.82, 2.24) is 4.90 Å². The number of piperazine rings is 1. The van der Waals surface area contributed by atoms with Gasteiger partial charge < -0.3 is 15.0 Å². The number of aryl methyl sites for hydroxylation is 1. The lowest BCUT2D eigenvalue weighted by Crippen LogP contribution is -2.59. The first-order valence-corrected chi connectivity index (χ1v) is 16.0. The number of hydrogen-bond acceptors (Lipinski definition) is 6. The van der Waals surface area contributed by atoms with E-state index in [0.717, 1.165) is 78.6 Å². The molecule has 3 heterocycles. The van der Waals surface area contributed by atoms with Gasteiger partial charge >= 0.3 is 5.97 Å². The van der Waals surface area contributed by atoms with Crippen molar-refractivity contribution in [2.45, 2.75) is 85.0 Å². The first-order chi connectivity index (χ1) is 18.9. The number of quaternary nitrogens is 1. The molecule has 1 fully saturated rings. The Morgan fingerprint density at radius 1 is 1.05 bits per heavy atom. The van der Waals surface area contributed by atoms with Gasteiger partial charge in [0.1, 0.15) is 10.8 Å². The second-order valence-electron chi connectivity index (χ2n) is 11.7. The topological polar surface area (TPSA) is 53.9 Å². The summed E-state index contributed by atoms with van der Waals surface area (Å²) < 4.78 is 6.81. The van der Waals surface area contributed by atoms with Crippen LogP contribution >= 0.6 is 11.3 Å². The van der Waals surface area contributed by atoms with Gasteiger partial charge in [-0.1, -0.05) is 77.3 Å². The first-order valence-electron chi connectivity index (χ1n) is 15.2. The van der Waals surface area contributed by atoms with Gasteiger partial charge in [0.05, 0.1) is 56.1 Å². The zero-order valence-corrected chi connectivity index (χ0v) is 25.5. The number of likely N-dealkylation sites (N-methyl/N-ethyl adjacent to an activating group) is 1. The lowest BCUT2D eigenvalue weighted by Gasteiger charge is -2.42. The average Bonchev–Trinajstić information content (AvgIpc) is 3.23. The fourth-order valence-corrected chi connectivity index (χ4v) is 6.55. The summed E-state index contributed by atoms with van der Waals surface area (Å²) in [5, 5.41) is 4.77. The number of aliphatic imine (C=N–C) groups is 1. The number of thiophene rings is 1. The molecule has 1 saturated heterocycles. The van der Waals surface area contributed by atoms with E-state index in [2.05, 4.69) is 62.3 Å². The number of para-hydroxylation sites is 2. The number of rotatable bonds is 13. The Balaban J connectivity index is 1.35. The number of nitrogens with zero attached hydrogens (tertiary/aromatic N) is 3. The summed E-state index contributed by atoms with van der Waals surface area (Å²) in [4.78, 5) is 22.0. The van der Waals surface area contributed by atoms with Crippen molar-refractivity contribution in [3.63, 3.8) is 0 Å². The van der Waals surface area contributed by atoms with Crippen molar-refractivity contribution in [3.05, 3.63) is 40.8 Å².